The number of benzene rings is 1. The molecule has 3 aliphatic rings. The zero-order valence-electron chi connectivity index (χ0n) is 20.3. The molecule has 8 heteroatoms. The number of nitrogens with zero attached hydrogens (tertiary/aromatic N) is 1. The van der Waals surface area contributed by atoms with Gasteiger partial charge in [0.15, 0.2) is 5.13 Å². The predicted molar refractivity (Wildman–Crippen MR) is 134 cm³/mol. The molecule has 3 N–H and O–H groups in total. The second-order valence-electron chi connectivity index (χ2n) is 10.6. The lowest BCUT2D eigenvalue weighted by molar-refractivity contribution is -0.132. The second-order valence-corrected chi connectivity index (χ2v) is 11.8. The largest absolute Gasteiger partial charge is 0.426 e. The first-order chi connectivity index (χ1) is 16.8. The van der Waals surface area contributed by atoms with E-state index in [0.717, 1.165) is 37.0 Å². The van der Waals surface area contributed by atoms with Crippen molar-refractivity contribution >= 4 is 34.1 Å². The number of aromatic nitrogens is 1. The van der Waals surface area contributed by atoms with Gasteiger partial charge in [0.2, 0.25) is 5.91 Å². The van der Waals surface area contributed by atoms with Crippen LogP contribution in [0.4, 0.5) is 5.13 Å². The Kier molecular flexibility index (Phi) is 6.53. The topological polar surface area (TPSA) is 111 Å². The van der Waals surface area contributed by atoms with Crippen molar-refractivity contribution in [3.63, 3.8) is 0 Å². The van der Waals surface area contributed by atoms with Gasteiger partial charge in [-0.25, -0.2) is 4.98 Å². The van der Waals surface area contributed by atoms with E-state index in [2.05, 4.69) is 23.3 Å². The fraction of sp³-hybridized carbons (Fsp3) is 0.556. The average molecular weight is 496 g/mol. The minimum Gasteiger partial charge on any atom is -0.426 e. The van der Waals surface area contributed by atoms with Gasteiger partial charge in [0.05, 0.1) is 6.54 Å². The number of rotatable bonds is 6. The number of ether oxygens (including phenoxy) is 1. The van der Waals surface area contributed by atoms with Crippen molar-refractivity contribution in [3.8, 4) is 5.75 Å². The molecule has 2 aromatic rings. The van der Waals surface area contributed by atoms with E-state index in [1.165, 1.54) is 22.5 Å². The molecule has 7 nitrogen and oxygen atoms in total. The molecule has 1 amide bonds. The van der Waals surface area contributed by atoms with Crippen LogP contribution in [0, 0.1) is 30.1 Å². The van der Waals surface area contributed by atoms with Gasteiger partial charge >= 0.3 is 5.97 Å². The average Bonchev–Trinajstić information content (AvgIpc) is 3.36. The summed E-state index contributed by atoms with van der Waals surface area (Å²) in [5, 5.41) is 3.55. The van der Waals surface area contributed by atoms with Crippen LogP contribution in [0.3, 0.4) is 0 Å². The maximum absolute atomic E-state index is 13.2. The second kappa shape index (κ2) is 9.47. The third-order valence-corrected chi connectivity index (χ3v) is 9.38. The number of fused-ring (bicyclic) bond motifs is 5. The summed E-state index contributed by atoms with van der Waals surface area (Å²) in [6.07, 6.45) is 7.28. The van der Waals surface area contributed by atoms with Crippen molar-refractivity contribution in [2.45, 2.75) is 64.7 Å². The van der Waals surface area contributed by atoms with E-state index in [-0.39, 0.29) is 23.8 Å². The third kappa shape index (κ3) is 4.54. The lowest BCUT2D eigenvalue weighted by Crippen LogP contribution is -2.44. The molecule has 1 heterocycles. The van der Waals surface area contributed by atoms with E-state index >= 15 is 0 Å². The maximum Gasteiger partial charge on any atom is 0.325 e. The summed E-state index contributed by atoms with van der Waals surface area (Å²) >= 11 is 1.47. The number of hydrogen-bond acceptors (Lipinski definition) is 7. The zero-order chi connectivity index (χ0) is 24.7. The number of carbonyl (C=O) groups is 3. The van der Waals surface area contributed by atoms with Gasteiger partial charge in [0, 0.05) is 29.3 Å². The molecule has 0 aliphatic heterocycles. The minimum absolute atomic E-state index is 0.0266. The van der Waals surface area contributed by atoms with Crippen molar-refractivity contribution < 1.29 is 19.1 Å². The predicted octanol–water partition coefficient (Wildman–Crippen LogP) is 4.39. The highest BCUT2D eigenvalue weighted by Gasteiger charge is 2.58. The van der Waals surface area contributed by atoms with Crippen molar-refractivity contribution in [1.29, 1.82) is 0 Å². The van der Waals surface area contributed by atoms with Gasteiger partial charge in [-0.1, -0.05) is 13.0 Å². The Morgan fingerprint density at radius 1 is 1.31 bits per heavy atom. The van der Waals surface area contributed by atoms with Crippen molar-refractivity contribution in [2.75, 3.05) is 11.9 Å². The molecule has 0 spiro atoms. The van der Waals surface area contributed by atoms with Gasteiger partial charge in [-0.05, 0) is 86.0 Å². The van der Waals surface area contributed by atoms with Gasteiger partial charge < -0.3 is 15.8 Å². The quantitative estimate of drug-likeness (QED) is 0.454. The fourth-order valence-electron chi connectivity index (χ4n) is 7.03. The van der Waals surface area contributed by atoms with Crippen LogP contribution in [-0.4, -0.2) is 29.2 Å². The van der Waals surface area contributed by atoms with E-state index < -0.39 is 5.97 Å². The molecule has 2 saturated carbocycles. The maximum atomic E-state index is 13.2. The lowest BCUT2D eigenvalue weighted by atomic mass is 9.54. The van der Waals surface area contributed by atoms with Crippen molar-refractivity contribution in [1.82, 2.24) is 4.98 Å². The number of ketones is 1. The van der Waals surface area contributed by atoms with E-state index in [1.54, 1.807) is 6.20 Å². The number of hydrogen-bond donors (Lipinski definition) is 2. The van der Waals surface area contributed by atoms with Crippen LogP contribution in [0.15, 0.2) is 24.4 Å². The highest BCUT2D eigenvalue weighted by atomic mass is 32.1. The van der Waals surface area contributed by atoms with Crippen LogP contribution in [0.1, 0.15) is 67.4 Å². The number of carbonyl (C=O) groups excluding carboxylic acids is 3. The van der Waals surface area contributed by atoms with Gasteiger partial charge in [-0.3, -0.25) is 14.4 Å². The normalized spacial score (nSPS) is 29.2. The first kappa shape index (κ1) is 24.1. The number of Topliss-reactive ketones (excluding diaryl/α,β-unsaturated/α-hetero) is 1. The summed E-state index contributed by atoms with van der Waals surface area (Å²) in [5.41, 5.74) is 7.65. The summed E-state index contributed by atoms with van der Waals surface area (Å²) < 4.78 is 5.33. The molecular formula is C27H33N3O4S. The number of nitrogens with two attached hydrogens (primary N) is 1. The molecule has 186 valence electrons. The van der Waals surface area contributed by atoms with E-state index in [9.17, 15) is 14.4 Å². The van der Waals surface area contributed by atoms with Crippen molar-refractivity contribution in [2.24, 2.45) is 28.9 Å². The summed E-state index contributed by atoms with van der Waals surface area (Å²) in [5.74, 6) is 1.82. The standard InChI is InChI=1S/C27H33N3O4S/c1-15-14-29-26(35-15)30-23(32)8-4-17-12-22(31)27(2)10-9-20-19-7-5-18(34-24(33)13-28)11-16(19)3-6-21(20)25(17)27/h5,7,11,14,17,20-21,25H,3-4,6,8-10,12-13,28H2,1-2H3,(H,29,30,32). The SMILES string of the molecule is Cc1cnc(NC(=O)CCC2CC(=O)C3(C)CCC4c5ccc(OC(=O)CN)cc5CCC4C23)s1. The summed E-state index contributed by atoms with van der Waals surface area (Å²) in [6, 6.07) is 5.95. The summed E-state index contributed by atoms with van der Waals surface area (Å²) in [4.78, 5) is 42.7. The Morgan fingerprint density at radius 2 is 2.14 bits per heavy atom. The monoisotopic (exact) mass is 495 g/mol. The van der Waals surface area contributed by atoms with Gasteiger partial charge in [0.1, 0.15) is 11.5 Å². The number of nitrogens with one attached hydrogen (secondary N) is 1. The molecule has 5 unspecified atom stereocenters. The van der Waals surface area contributed by atoms with Crippen LogP contribution >= 0.6 is 11.3 Å². The Balaban J connectivity index is 1.31. The number of esters is 1. The van der Waals surface area contributed by atoms with Crippen LogP contribution in [0.2, 0.25) is 0 Å². The molecule has 35 heavy (non-hydrogen) atoms. The molecule has 0 bridgehead atoms. The molecule has 1 aromatic carbocycles. The highest BCUT2D eigenvalue weighted by molar-refractivity contribution is 7.15. The van der Waals surface area contributed by atoms with Gasteiger partial charge in [-0.15, -0.1) is 11.3 Å². The van der Waals surface area contributed by atoms with Gasteiger partial charge in [-0.2, -0.15) is 0 Å². The van der Waals surface area contributed by atoms with E-state index in [0.29, 0.717) is 47.3 Å². The molecule has 5 rings (SSSR count). The Morgan fingerprint density at radius 3 is 2.89 bits per heavy atom. The lowest BCUT2D eigenvalue weighted by Gasteiger charge is -2.50. The number of amides is 1. The number of thiazole rings is 1. The molecule has 5 atom stereocenters. The molecule has 1 aromatic heterocycles. The fourth-order valence-corrected chi connectivity index (χ4v) is 7.71. The Hall–Kier alpha value is -2.58. The highest BCUT2D eigenvalue weighted by Crippen LogP contribution is 2.62. The zero-order valence-corrected chi connectivity index (χ0v) is 21.2. The van der Waals surface area contributed by atoms with E-state index in [1.807, 2.05) is 19.1 Å². The summed E-state index contributed by atoms with van der Waals surface area (Å²) in [6.45, 7) is 3.99. The van der Waals surface area contributed by atoms with Crippen molar-refractivity contribution in [3.05, 3.63) is 40.4 Å². The molecule has 0 radical (unpaired) electrons. The van der Waals surface area contributed by atoms with Crippen LogP contribution in [0.25, 0.3) is 0 Å². The molecule has 2 fully saturated rings. The molecular weight excluding hydrogens is 462 g/mol. The minimum atomic E-state index is -0.437. The first-order valence-corrected chi connectivity index (χ1v) is 13.4. The smallest absolute Gasteiger partial charge is 0.325 e. The Labute approximate surface area is 209 Å². The van der Waals surface area contributed by atoms with Gasteiger partial charge in [0.25, 0.3) is 0 Å². The van der Waals surface area contributed by atoms with Crippen LogP contribution in [0.5, 0.6) is 5.75 Å². The van der Waals surface area contributed by atoms with Crippen LogP contribution in [-0.2, 0) is 20.8 Å². The third-order valence-electron chi connectivity index (χ3n) is 8.55. The Bertz CT molecular complexity index is 1160. The summed E-state index contributed by atoms with van der Waals surface area (Å²) in [7, 11) is 0. The number of aryl methyl sites for hydroxylation is 2. The van der Waals surface area contributed by atoms with E-state index in [4.69, 9.17) is 10.5 Å². The molecule has 3 aliphatic carbocycles. The first-order valence-electron chi connectivity index (χ1n) is 12.6. The molecule has 0 saturated heterocycles. The number of anilines is 1. The van der Waals surface area contributed by atoms with Crippen LogP contribution < -0.4 is 15.8 Å².